The van der Waals surface area contributed by atoms with Crippen LogP contribution in [0.3, 0.4) is 0 Å². The molecule has 2 nitrogen and oxygen atoms in total. The van der Waals surface area contributed by atoms with Gasteiger partial charge in [-0.1, -0.05) is 39.3 Å². The highest BCUT2D eigenvalue weighted by atomic mass is 29.2. The van der Waals surface area contributed by atoms with Crippen molar-refractivity contribution < 1.29 is 9.53 Å². The lowest BCUT2D eigenvalue weighted by Gasteiger charge is -2.18. The molecule has 0 aliphatic carbocycles. The summed E-state index contributed by atoms with van der Waals surface area (Å²) >= 11 is 0. The summed E-state index contributed by atoms with van der Waals surface area (Å²) < 4.78 is 4.27. The van der Waals surface area contributed by atoms with Crippen molar-refractivity contribution in [3.05, 3.63) is 12.2 Å². The number of hydrogen-bond donors (Lipinski definition) is 0. The van der Waals surface area contributed by atoms with Crippen LogP contribution in [0.4, 0.5) is 0 Å². The normalized spacial score (nSPS) is 10.3. The van der Waals surface area contributed by atoms with Gasteiger partial charge in [-0.2, -0.15) is 0 Å². The highest BCUT2D eigenvalue weighted by Crippen LogP contribution is 2.04. The summed E-state index contributed by atoms with van der Waals surface area (Å²) in [5.74, 6) is -0.347. The van der Waals surface area contributed by atoms with Crippen LogP contribution in [-0.2, 0) is 9.53 Å². The standard InChI is InChI=1S/C5H8O2.C5H16Si2/c1-4(2)5(6)7-3;1-6(2)7(3,4)5/h1H2,2-3H3;6H,1-5H3. The maximum Gasteiger partial charge on any atom is 0.332 e. The van der Waals surface area contributed by atoms with Crippen LogP contribution >= 0.6 is 0 Å². The molecule has 0 rings (SSSR count). The van der Waals surface area contributed by atoms with Crippen molar-refractivity contribution in [2.45, 2.75) is 39.7 Å². The average Bonchev–Trinajstić information content (AvgIpc) is 2.02. The summed E-state index contributed by atoms with van der Waals surface area (Å²) in [7, 11) is 0.515. The molecule has 0 unspecified atom stereocenters. The smallest absolute Gasteiger partial charge is 0.332 e. The van der Waals surface area contributed by atoms with Gasteiger partial charge in [-0.3, -0.25) is 0 Å². The first kappa shape index (κ1) is 16.1. The second-order valence-electron chi connectivity index (χ2n) is 4.79. The Morgan fingerprint density at radius 2 is 1.57 bits per heavy atom. The number of ether oxygens (including phenoxy) is 1. The lowest BCUT2D eigenvalue weighted by molar-refractivity contribution is -0.136. The Kier molecular flexibility index (Phi) is 8.05. The molecule has 0 bridgehead atoms. The number of esters is 1. The Labute approximate surface area is 90.8 Å². The molecule has 0 N–H and O–H groups in total. The number of hydrogen-bond acceptors (Lipinski definition) is 2. The summed E-state index contributed by atoms with van der Waals surface area (Å²) in [6, 6.07) is 0. The summed E-state index contributed by atoms with van der Waals surface area (Å²) in [5, 5.41) is 0. The molecular weight excluding hydrogens is 208 g/mol. The molecule has 0 amide bonds. The van der Waals surface area contributed by atoms with Crippen LogP contribution in [-0.4, -0.2) is 29.0 Å². The molecule has 0 aromatic heterocycles. The number of rotatable bonds is 2. The molecule has 0 radical (unpaired) electrons. The zero-order chi connectivity index (χ0) is 11.9. The van der Waals surface area contributed by atoms with Crippen LogP contribution in [0, 0.1) is 0 Å². The molecule has 0 aromatic carbocycles. The minimum atomic E-state index is -0.596. The third-order valence-electron chi connectivity index (χ3n) is 2.27. The van der Waals surface area contributed by atoms with Crippen molar-refractivity contribution in [1.82, 2.24) is 0 Å². The lowest BCUT2D eigenvalue weighted by Crippen LogP contribution is -2.37. The van der Waals surface area contributed by atoms with Crippen LogP contribution in [0.5, 0.6) is 0 Å². The zero-order valence-corrected chi connectivity index (χ0v) is 12.8. The minimum Gasteiger partial charge on any atom is -0.466 e. The molecule has 0 spiro atoms. The quantitative estimate of drug-likeness (QED) is 0.416. The van der Waals surface area contributed by atoms with Gasteiger partial charge in [-0.15, -0.1) is 0 Å². The van der Waals surface area contributed by atoms with Gasteiger partial charge in [-0.05, 0) is 6.92 Å². The van der Waals surface area contributed by atoms with E-state index in [4.69, 9.17) is 0 Å². The van der Waals surface area contributed by atoms with E-state index in [1.54, 1.807) is 6.92 Å². The Morgan fingerprint density at radius 1 is 1.29 bits per heavy atom. The van der Waals surface area contributed by atoms with Crippen molar-refractivity contribution >= 4 is 21.9 Å². The van der Waals surface area contributed by atoms with Crippen LogP contribution in [0.1, 0.15) is 6.92 Å². The molecule has 0 heterocycles. The SMILES string of the molecule is C=C(C)C(=O)OC.C[SiH](C)[Si](C)(C)C. The zero-order valence-electron chi connectivity index (χ0n) is 10.6. The lowest BCUT2D eigenvalue weighted by atomic mass is 10.4. The Morgan fingerprint density at radius 3 is 1.57 bits per heavy atom. The predicted molar refractivity (Wildman–Crippen MR) is 69.1 cm³/mol. The van der Waals surface area contributed by atoms with Gasteiger partial charge in [0.05, 0.1) is 7.11 Å². The first-order valence-corrected chi connectivity index (χ1v) is 12.5. The van der Waals surface area contributed by atoms with Gasteiger partial charge in [0.2, 0.25) is 0 Å². The monoisotopic (exact) mass is 232 g/mol. The summed E-state index contributed by atoms with van der Waals surface area (Å²) in [6.45, 7) is 17.2. The molecule has 0 aromatic rings. The second-order valence-corrected chi connectivity index (χ2v) is 20.5. The van der Waals surface area contributed by atoms with Crippen molar-refractivity contribution in [1.29, 1.82) is 0 Å². The third kappa shape index (κ3) is 9.73. The van der Waals surface area contributed by atoms with E-state index in [1.165, 1.54) is 7.11 Å². The van der Waals surface area contributed by atoms with Crippen molar-refractivity contribution in [2.24, 2.45) is 0 Å². The van der Waals surface area contributed by atoms with Gasteiger partial charge in [0, 0.05) is 21.5 Å². The van der Waals surface area contributed by atoms with E-state index in [9.17, 15) is 4.79 Å². The van der Waals surface area contributed by atoms with Gasteiger partial charge < -0.3 is 4.74 Å². The number of methoxy groups -OCH3 is 1. The topological polar surface area (TPSA) is 26.3 Å². The molecule has 0 saturated heterocycles. The van der Waals surface area contributed by atoms with E-state index in [0.29, 0.717) is 5.57 Å². The molecule has 14 heavy (non-hydrogen) atoms. The van der Waals surface area contributed by atoms with Gasteiger partial charge in [0.1, 0.15) is 0 Å². The van der Waals surface area contributed by atoms with E-state index in [1.807, 2.05) is 0 Å². The fourth-order valence-corrected chi connectivity index (χ4v) is 0.174. The maximum atomic E-state index is 10.2. The third-order valence-corrected chi connectivity index (χ3v) is 16.1. The van der Waals surface area contributed by atoms with Crippen LogP contribution in [0.2, 0.25) is 32.7 Å². The molecule has 0 saturated carbocycles. The number of carbonyl (C=O) groups is 1. The van der Waals surface area contributed by atoms with Crippen LogP contribution < -0.4 is 0 Å². The van der Waals surface area contributed by atoms with Crippen LogP contribution in [0.25, 0.3) is 0 Å². The highest BCUT2D eigenvalue weighted by molar-refractivity contribution is 7.30. The molecule has 0 atom stereocenters. The fraction of sp³-hybridized carbons (Fsp3) is 0.700. The van der Waals surface area contributed by atoms with Crippen molar-refractivity contribution in [3.63, 3.8) is 0 Å². The van der Waals surface area contributed by atoms with Gasteiger partial charge in [0.25, 0.3) is 0 Å². The van der Waals surface area contributed by atoms with E-state index in [-0.39, 0.29) is 14.3 Å². The molecule has 0 aliphatic rings. The van der Waals surface area contributed by atoms with E-state index in [2.05, 4.69) is 44.1 Å². The second kappa shape index (κ2) is 7.00. The Bertz CT molecular complexity index is 193. The summed E-state index contributed by atoms with van der Waals surface area (Å²) in [5.41, 5.74) is 0.433. The first-order chi connectivity index (χ1) is 6.12. The average molecular weight is 232 g/mol. The first-order valence-electron chi connectivity index (χ1n) is 4.86. The number of carbonyl (C=O) groups excluding carboxylic acids is 1. The molecule has 4 heteroatoms. The van der Waals surface area contributed by atoms with E-state index in [0.717, 1.165) is 0 Å². The molecule has 0 fully saturated rings. The largest absolute Gasteiger partial charge is 0.466 e. The molecular formula is C10H24O2Si2. The predicted octanol–water partition coefficient (Wildman–Crippen LogP) is 2.63. The minimum absolute atomic E-state index is 0.220. The fourth-order valence-electron chi connectivity index (χ4n) is 0.174. The molecule has 84 valence electrons. The van der Waals surface area contributed by atoms with Gasteiger partial charge >= 0.3 is 5.97 Å². The Hall–Kier alpha value is -0.356. The molecule has 0 aliphatic heterocycles. The Balaban J connectivity index is 0. The van der Waals surface area contributed by atoms with E-state index < -0.39 is 7.59 Å². The highest BCUT2D eigenvalue weighted by Gasteiger charge is 2.17. The van der Waals surface area contributed by atoms with Gasteiger partial charge in [-0.25, -0.2) is 4.79 Å². The summed E-state index contributed by atoms with van der Waals surface area (Å²) in [4.78, 5) is 10.2. The van der Waals surface area contributed by atoms with Gasteiger partial charge in [0.15, 0.2) is 0 Å². The van der Waals surface area contributed by atoms with Crippen LogP contribution in [0.15, 0.2) is 12.2 Å². The summed E-state index contributed by atoms with van der Waals surface area (Å²) in [6.07, 6.45) is 0. The van der Waals surface area contributed by atoms with Crippen molar-refractivity contribution in [3.8, 4) is 0 Å². The maximum absolute atomic E-state index is 10.2. The van der Waals surface area contributed by atoms with E-state index >= 15 is 0 Å². The van der Waals surface area contributed by atoms with Crippen molar-refractivity contribution in [2.75, 3.05) is 7.11 Å².